The first-order chi connectivity index (χ1) is 7.52. The Morgan fingerprint density at radius 2 is 2.12 bits per heavy atom. The second kappa shape index (κ2) is 5.44. The van der Waals surface area contributed by atoms with Crippen LogP contribution in [0.1, 0.15) is 26.7 Å². The van der Waals surface area contributed by atoms with E-state index in [0.29, 0.717) is 0 Å². The van der Waals surface area contributed by atoms with Gasteiger partial charge in [0.05, 0.1) is 12.5 Å². The van der Waals surface area contributed by atoms with Crippen LogP contribution < -0.4 is 0 Å². The lowest BCUT2D eigenvalue weighted by molar-refractivity contribution is -0.151. The largest absolute Gasteiger partial charge is 0.466 e. The number of rotatable bonds is 3. The Bertz CT molecular complexity index is 342. The Labute approximate surface area is 93.4 Å². The molecule has 5 nitrogen and oxygen atoms in total. The topological polar surface area (TPSA) is 69.7 Å². The molecule has 1 unspecified atom stereocenters. The second-order valence-corrected chi connectivity index (χ2v) is 3.53. The summed E-state index contributed by atoms with van der Waals surface area (Å²) in [5.41, 5.74) is 0. The number of esters is 2. The van der Waals surface area contributed by atoms with Gasteiger partial charge in [-0.3, -0.25) is 14.4 Å². The van der Waals surface area contributed by atoms with E-state index in [1.807, 2.05) is 0 Å². The Balaban J connectivity index is 2.67. The summed E-state index contributed by atoms with van der Waals surface area (Å²) in [6.07, 6.45) is 1.62. The van der Waals surface area contributed by atoms with Gasteiger partial charge in [0, 0.05) is 25.8 Å². The maximum Gasteiger partial charge on any atom is 0.309 e. The monoisotopic (exact) mass is 226 g/mol. The van der Waals surface area contributed by atoms with Gasteiger partial charge in [-0.2, -0.15) is 0 Å². The fourth-order valence-electron chi connectivity index (χ4n) is 1.54. The highest BCUT2D eigenvalue weighted by atomic mass is 16.5. The van der Waals surface area contributed by atoms with Crippen molar-refractivity contribution in [2.24, 2.45) is 5.92 Å². The molecule has 0 aromatic rings. The lowest BCUT2D eigenvalue weighted by atomic mass is 9.92. The normalized spacial score (nSPS) is 20.0. The van der Waals surface area contributed by atoms with Gasteiger partial charge in [0.25, 0.3) is 0 Å². The molecule has 0 heterocycles. The highest BCUT2D eigenvalue weighted by Crippen LogP contribution is 2.24. The van der Waals surface area contributed by atoms with Gasteiger partial charge in [0.2, 0.25) is 0 Å². The van der Waals surface area contributed by atoms with Crippen LogP contribution in [0.3, 0.4) is 0 Å². The molecule has 16 heavy (non-hydrogen) atoms. The second-order valence-electron chi connectivity index (χ2n) is 3.53. The molecule has 88 valence electrons. The molecule has 1 atom stereocenters. The van der Waals surface area contributed by atoms with E-state index < -0.39 is 17.9 Å². The van der Waals surface area contributed by atoms with Crippen molar-refractivity contribution in [1.82, 2.24) is 0 Å². The smallest absolute Gasteiger partial charge is 0.309 e. The van der Waals surface area contributed by atoms with Gasteiger partial charge in [0.15, 0.2) is 5.78 Å². The number of ether oxygens (including phenoxy) is 2. The van der Waals surface area contributed by atoms with Gasteiger partial charge in [-0.05, 0) is 6.92 Å². The summed E-state index contributed by atoms with van der Waals surface area (Å²) in [5, 5.41) is 0. The molecule has 0 radical (unpaired) electrons. The maximum absolute atomic E-state index is 11.4. The molecule has 0 fully saturated rings. The van der Waals surface area contributed by atoms with Crippen LogP contribution in [0.25, 0.3) is 0 Å². The van der Waals surface area contributed by atoms with Gasteiger partial charge in [-0.25, -0.2) is 0 Å². The highest BCUT2D eigenvalue weighted by molar-refractivity contribution is 5.94. The van der Waals surface area contributed by atoms with Crippen molar-refractivity contribution in [2.45, 2.75) is 26.7 Å². The Hall–Kier alpha value is -1.65. The van der Waals surface area contributed by atoms with E-state index in [0.717, 1.165) is 0 Å². The zero-order valence-electron chi connectivity index (χ0n) is 9.32. The molecule has 0 aliphatic heterocycles. The van der Waals surface area contributed by atoms with Gasteiger partial charge < -0.3 is 9.47 Å². The van der Waals surface area contributed by atoms with E-state index in [1.54, 1.807) is 6.92 Å². The van der Waals surface area contributed by atoms with Crippen molar-refractivity contribution in [3.63, 3.8) is 0 Å². The third-order valence-corrected chi connectivity index (χ3v) is 2.11. The lowest BCUT2D eigenvalue weighted by Gasteiger charge is -2.19. The van der Waals surface area contributed by atoms with Crippen LogP contribution in [0.4, 0.5) is 0 Å². The van der Waals surface area contributed by atoms with Crippen molar-refractivity contribution in [3.8, 4) is 0 Å². The minimum absolute atomic E-state index is 0.115. The van der Waals surface area contributed by atoms with E-state index in [2.05, 4.69) is 0 Å². The minimum Gasteiger partial charge on any atom is -0.466 e. The van der Waals surface area contributed by atoms with E-state index in [1.165, 1.54) is 13.0 Å². The molecule has 0 saturated heterocycles. The predicted octanol–water partition coefficient (Wildman–Crippen LogP) is 0.976. The van der Waals surface area contributed by atoms with Crippen LogP contribution in [-0.2, 0) is 23.9 Å². The van der Waals surface area contributed by atoms with Gasteiger partial charge in [-0.1, -0.05) is 0 Å². The summed E-state index contributed by atoms with van der Waals surface area (Å²) in [7, 11) is 0. The summed E-state index contributed by atoms with van der Waals surface area (Å²) >= 11 is 0. The highest BCUT2D eigenvalue weighted by Gasteiger charge is 2.29. The standard InChI is InChI=1S/C11H14O5/c1-3-15-11(14)8-4-9(13)6-10(5-8)16-7(2)12/h6,8H,3-5H2,1-2H3. The molecular formula is C11H14O5. The predicted molar refractivity (Wildman–Crippen MR) is 54.2 cm³/mol. The van der Waals surface area contributed by atoms with E-state index >= 15 is 0 Å². The number of carbonyl (C=O) groups is 3. The first-order valence-electron chi connectivity index (χ1n) is 5.11. The van der Waals surface area contributed by atoms with Crippen LogP contribution in [0.5, 0.6) is 0 Å². The van der Waals surface area contributed by atoms with Crippen molar-refractivity contribution < 1.29 is 23.9 Å². The first kappa shape index (κ1) is 12.4. The van der Waals surface area contributed by atoms with Crippen LogP contribution in [0.15, 0.2) is 11.8 Å². The summed E-state index contributed by atoms with van der Waals surface area (Å²) in [6.45, 7) is 3.22. The molecular weight excluding hydrogens is 212 g/mol. The number of carbonyl (C=O) groups excluding carboxylic acids is 3. The molecule has 0 spiro atoms. The first-order valence-corrected chi connectivity index (χ1v) is 5.11. The maximum atomic E-state index is 11.4. The molecule has 0 aromatic heterocycles. The molecule has 0 amide bonds. The minimum atomic E-state index is -0.535. The molecule has 1 aliphatic rings. The van der Waals surface area contributed by atoms with Crippen LogP contribution in [0, 0.1) is 5.92 Å². The van der Waals surface area contributed by atoms with Crippen molar-refractivity contribution in [2.75, 3.05) is 6.61 Å². The van der Waals surface area contributed by atoms with Crippen LogP contribution in [0.2, 0.25) is 0 Å². The molecule has 0 saturated carbocycles. The molecule has 1 rings (SSSR count). The Morgan fingerprint density at radius 1 is 1.44 bits per heavy atom. The van der Waals surface area contributed by atoms with Crippen molar-refractivity contribution in [3.05, 3.63) is 11.8 Å². The molecule has 0 aromatic carbocycles. The summed E-state index contributed by atoms with van der Waals surface area (Å²) < 4.78 is 9.64. The lowest BCUT2D eigenvalue weighted by Crippen LogP contribution is -2.25. The number of allylic oxidation sites excluding steroid dienone is 2. The average Bonchev–Trinajstić information content (AvgIpc) is 2.15. The summed E-state index contributed by atoms with van der Waals surface area (Å²) in [4.78, 5) is 33.5. The molecule has 1 aliphatic carbocycles. The fraction of sp³-hybridized carbons (Fsp3) is 0.545. The number of hydrogen-bond acceptors (Lipinski definition) is 5. The quantitative estimate of drug-likeness (QED) is 0.671. The SMILES string of the molecule is CCOC(=O)C1CC(=O)C=C(OC(C)=O)C1. The van der Waals surface area contributed by atoms with E-state index in [-0.39, 0.29) is 31.0 Å². The zero-order valence-corrected chi connectivity index (χ0v) is 9.32. The molecule has 0 bridgehead atoms. The van der Waals surface area contributed by atoms with E-state index in [4.69, 9.17) is 9.47 Å². The van der Waals surface area contributed by atoms with Crippen LogP contribution in [-0.4, -0.2) is 24.3 Å². The summed E-state index contributed by atoms with van der Waals surface area (Å²) in [6, 6.07) is 0. The van der Waals surface area contributed by atoms with Gasteiger partial charge >= 0.3 is 11.9 Å². The van der Waals surface area contributed by atoms with Crippen LogP contribution >= 0.6 is 0 Å². The third kappa shape index (κ3) is 3.49. The molecule has 0 N–H and O–H groups in total. The van der Waals surface area contributed by atoms with Gasteiger partial charge in [0.1, 0.15) is 5.76 Å². The third-order valence-electron chi connectivity index (χ3n) is 2.11. The van der Waals surface area contributed by atoms with E-state index in [9.17, 15) is 14.4 Å². The van der Waals surface area contributed by atoms with Crippen molar-refractivity contribution in [1.29, 1.82) is 0 Å². The number of ketones is 1. The van der Waals surface area contributed by atoms with Gasteiger partial charge in [-0.15, -0.1) is 0 Å². The average molecular weight is 226 g/mol. The number of hydrogen-bond donors (Lipinski definition) is 0. The Kier molecular flexibility index (Phi) is 4.22. The summed E-state index contributed by atoms with van der Waals surface area (Å²) in [5.74, 6) is -1.44. The van der Waals surface area contributed by atoms with Crippen molar-refractivity contribution >= 4 is 17.7 Å². The zero-order chi connectivity index (χ0) is 12.1. The molecule has 5 heteroatoms. The Morgan fingerprint density at radius 3 is 2.69 bits per heavy atom. The fourth-order valence-corrected chi connectivity index (χ4v) is 1.54.